The van der Waals surface area contributed by atoms with Gasteiger partial charge >= 0.3 is 11.9 Å². The van der Waals surface area contributed by atoms with Crippen molar-refractivity contribution in [3.8, 4) is 0 Å². The van der Waals surface area contributed by atoms with Crippen molar-refractivity contribution in [3.05, 3.63) is 35.4 Å². The molecule has 0 aromatic heterocycles. The van der Waals surface area contributed by atoms with Crippen LogP contribution in [0.15, 0.2) is 24.3 Å². The minimum absolute atomic E-state index is 0.000231. The molecule has 0 radical (unpaired) electrons. The molecule has 4 heteroatoms. The quantitative estimate of drug-likeness (QED) is 0.808. The van der Waals surface area contributed by atoms with E-state index in [1.165, 1.54) is 7.11 Å². The molecule has 0 heterocycles. The van der Waals surface area contributed by atoms with Gasteiger partial charge in [0.25, 0.3) is 0 Å². The van der Waals surface area contributed by atoms with Gasteiger partial charge in [-0.1, -0.05) is 24.3 Å². The van der Waals surface area contributed by atoms with Crippen molar-refractivity contribution >= 4 is 11.9 Å². The van der Waals surface area contributed by atoms with Crippen molar-refractivity contribution in [2.75, 3.05) is 7.11 Å². The number of methoxy groups -OCH3 is 1. The summed E-state index contributed by atoms with van der Waals surface area (Å²) in [6.45, 7) is 0. The van der Waals surface area contributed by atoms with Gasteiger partial charge in [0, 0.05) is 0 Å². The van der Waals surface area contributed by atoms with Crippen molar-refractivity contribution in [1.29, 1.82) is 0 Å². The van der Waals surface area contributed by atoms with Crippen molar-refractivity contribution in [3.63, 3.8) is 0 Å². The molecule has 2 aliphatic rings. The summed E-state index contributed by atoms with van der Waals surface area (Å²) in [5.41, 5.74) is 2.21. The average molecular weight is 246 g/mol. The number of fused-ring (bicyclic) bond motifs is 5. The Morgan fingerprint density at radius 1 is 1.17 bits per heavy atom. The predicted molar refractivity (Wildman–Crippen MR) is 63.2 cm³/mol. The molecular formula is C14H14O4. The van der Waals surface area contributed by atoms with Crippen LogP contribution in [0.25, 0.3) is 0 Å². The number of hydrogen-bond donors (Lipinski definition) is 1. The largest absolute Gasteiger partial charge is 0.481 e. The molecule has 1 aromatic rings. The number of carboxylic acids is 1. The summed E-state index contributed by atoms with van der Waals surface area (Å²) < 4.78 is 4.78. The van der Waals surface area contributed by atoms with E-state index in [1.54, 1.807) is 0 Å². The average Bonchev–Trinajstić information content (AvgIpc) is 2.94. The summed E-state index contributed by atoms with van der Waals surface area (Å²) in [7, 11) is 1.32. The molecule has 18 heavy (non-hydrogen) atoms. The molecule has 1 saturated carbocycles. The lowest BCUT2D eigenvalue weighted by Crippen LogP contribution is -2.34. The first-order valence-corrected chi connectivity index (χ1v) is 6.04. The molecule has 4 nitrogen and oxygen atoms in total. The fourth-order valence-corrected chi connectivity index (χ4v) is 3.67. The normalized spacial score (nSPS) is 32.1. The van der Waals surface area contributed by atoms with E-state index in [9.17, 15) is 14.7 Å². The molecule has 1 aromatic carbocycles. The van der Waals surface area contributed by atoms with Gasteiger partial charge in [-0.05, 0) is 29.4 Å². The second-order valence-corrected chi connectivity index (χ2v) is 4.99. The maximum atomic E-state index is 11.8. The Balaban J connectivity index is 2.08. The Kier molecular flexibility index (Phi) is 2.40. The van der Waals surface area contributed by atoms with Crippen LogP contribution in [0.2, 0.25) is 0 Å². The van der Waals surface area contributed by atoms with E-state index in [4.69, 9.17) is 4.74 Å². The summed E-state index contributed by atoms with van der Waals surface area (Å²) in [6.07, 6.45) is 0.746. The lowest BCUT2D eigenvalue weighted by molar-refractivity contribution is -0.155. The zero-order chi connectivity index (χ0) is 12.9. The topological polar surface area (TPSA) is 63.6 Å². The summed E-state index contributed by atoms with van der Waals surface area (Å²) >= 11 is 0. The number of carbonyl (C=O) groups excluding carboxylic acids is 1. The van der Waals surface area contributed by atoms with Crippen molar-refractivity contribution in [2.24, 2.45) is 11.8 Å². The number of benzene rings is 1. The van der Waals surface area contributed by atoms with Gasteiger partial charge in [-0.2, -0.15) is 0 Å². The number of carboxylic acid groups (broad SMARTS) is 1. The maximum Gasteiger partial charge on any atom is 0.310 e. The molecule has 2 bridgehead atoms. The van der Waals surface area contributed by atoms with Crippen LogP contribution in [-0.4, -0.2) is 24.2 Å². The van der Waals surface area contributed by atoms with Crippen LogP contribution >= 0.6 is 0 Å². The Morgan fingerprint density at radius 3 is 2.22 bits per heavy atom. The van der Waals surface area contributed by atoms with Crippen LogP contribution in [0, 0.1) is 11.8 Å². The van der Waals surface area contributed by atoms with Gasteiger partial charge in [-0.25, -0.2) is 0 Å². The van der Waals surface area contributed by atoms with Crippen molar-refractivity contribution in [2.45, 2.75) is 18.3 Å². The lowest BCUT2D eigenvalue weighted by atomic mass is 9.76. The van der Waals surface area contributed by atoms with E-state index < -0.39 is 23.8 Å². The van der Waals surface area contributed by atoms with E-state index in [-0.39, 0.29) is 11.8 Å². The van der Waals surface area contributed by atoms with Crippen LogP contribution in [0.1, 0.15) is 29.4 Å². The molecule has 4 atom stereocenters. The second kappa shape index (κ2) is 3.83. The van der Waals surface area contributed by atoms with Crippen molar-refractivity contribution < 1.29 is 19.4 Å². The number of esters is 1. The number of aliphatic carboxylic acids is 1. The van der Waals surface area contributed by atoms with Crippen molar-refractivity contribution in [1.82, 2.24) is 0 Å². The minimum atomic E-state index is -0.896. The monoisotopic (exact) mass is 246 g/mol. The van der Waals surface area contributed by atoms with Gasteiger partial charge in [-0.3, -0.25) is 9.59 Å². The van der Waals surface area contributed by atoms with E-state index in [0.717, 1.165) is 17.5 Å². The number of carbonyl (C=O) groups is 2. The van der Waals surface area contributed by atoms with Crippen LogP contribution in [0.5, 0.6) is 0 Å². The van der Waals surface area contributed by atoms with Gasteiger partial charge < -0.3 is 9.84 Å². The first-order chi connectivity index (χ1) is 8.65. The zero-order valence-corrected chi connectivity index (χ0v) is 10.00. The summed E-state index contributed by atoms with van der Waals surface area (Å²) in [6, 6.07) is 7.83. The minimum Gasteiger partial charge on any atom is -0.481 e. The van der Waals surface area contributed by atoms with Gasteiger partial charge in [0.2, 0.25) is 0 Å². The standard InChI is InChI=1S/C14H14O4/c1-18-14(17)12-10-6-9(11(12)13(15)16)7-4-2-3-5-8(7)10/h2-5,9-12H,6H2,1H3,(H,15,16)/t9-,10+,11+,12-/m1/s1. The maximum absolute atomic E-state index is 11.8. The highest BCUT2D eigenvalue weighted by Crippen LogP contribution is 2.59. The zero-order valence-electron chi connectivity index (χ0n) is 10.00. The summed E-state index contributed by atoms with van der Waals surface area (Å²) in [5.74, 6) is -2.52. The van der Waals surface area contributed by atoms with Gasteiger partial charge in [0.1, 0.15) is 0 Å². The molecule has 0 aliphatic heterocycles. The first-order valence-electron chi connectivity index (χ1n) is 6.04. The molecule has 94 valence electrons. The SMILES string of the molecule is COC(=O)[C@H]1[C@@H](C(=O)O)[C@@H]2C[C@H]1c1ccccc12. The van der Waals surface area contributed by atoms with E-state index >= 15 is 0 Å². The van der Waals surface area contributed by atoms with Gasteiger partial charge in [-0.15, -0.1) is 0 Å². The summed E-state index contributed by atoms with van der Waals surface area (Å²) in [4.78, 5) is 23.3. The van der Waals surface area contributed by atoms with E-state index in [1.807, 2.05) is 24.3 Å². The molecule has 0 unspecified atom stereocenters. The molecule has 0 saturated heterocycles. The fourth-order valence-electron chi connectivity index (χ4n) is 3.67. The fraction of sp³-hybridized carbons (Fsp3) is 0.429. The van der Waals surface area contributed by atoms with Crippen LogP contribution in [-0.2, 0) is 14.3 Å². The lowest BCUT2D eigenvalue weighted by Gasteiger charge is -2.27. The first kappa shape index (κ1) is 11.3. The molecule has 1 N–H and O–H groups in total. The smallest absolute Gasteiger partial charge is 0.310 e. The van der Waals surface area contributed by atoms with Crippen LogP contribution in [0.3, 0.4) is 0 Å². The third-order valence-electron chi connectivity index (χ3n) is 4.32. The van der Waals surface area contributed by atoms with E-state index in [0.29, 0.717) is 0 Å². The molecule has 1 fully saturated rings. The van der Waals surface area contributed by atoms with Gasteiger partial charge in [0.05, 0.1) is 18.9 Å². The van der Waals surface area contributed by atoms with Crippen LogP contribution < -0.4 is 0 Å². The Morgan fingerprint density at radius 2 is 1.72 bits per heavy atom. The highest BCUT2D eigenvalue weighted by atomic mass is 16.5. The third-order valence-corrected chi connectivity index (χ3v) is 4.32. The Hall–Kier alpha value is -1.84. The molecule has 0 amide bonds. The third kappa shape index (κ3) is 1.32. The number of rotatable bonds is 2. The molecule has 2 aliphatic carbocycles. The number of ether oxygens (including phenoxy) is 1. The molecule has 0 spiro atoms. The van der Waals surface area contributed by atoms with E-state index in [2.05, 4.69) is 0 Å². The Bertz CT molecular complexity index is 522. The summed E-state index contributed by atoms with van der Waals surface area (Å²) in [5, 5.41) is 9.37. The molecular weight excluding hydrogens is 232 g/mol. The highest BCUT2D eigenvalue weighted by Gasteiger charge is 2.57. The Labute approximate surface area is 105 Å². The van der Waals surface area contributed by atoms with Crippen LogP contribution in [0.4, 0.5) is 0 Å². The highest BCUT2D eigenvalue weighted by molar-refractivity contribution is 5.85. The second-order valence-electron chi connectivity index (χ2n) is 4.99. The predicted octanol–water partition coefficient (Wildman–Crippen LogP) is 1.76. The number of hydrogen-bond acceptors (Lipinski definition) is 3. The van der Waals surface area contributed by atoms with Gasteiger partial charge in [0.15, 0.2) is 0 Å². The molecule has 3 rings (SSSR count).